The molecule has 3 aromatic carbocycles. The third kappa shape index (κ3) is 3.47. The van der Waals surface area contributed by atoms with Crippen molar-refractivity contribution in [3.8, 4) is 5.75 Å². The van der Waals surface area contributed by atoms with Crippen LogP contribution >= 0.6 is 0 Å². The molecule has 0 bridgehead atoms. The third-order valence-corrected chi connectivity index (χ3v) is 5.93. The van der Waals surface area contributed by atoms with Crippen LogP contribution in [0, 0.1) is 0 Å². The maximum Gasteiger partial charge on any atom is 0.242 e. The van der Waals surface area contributed by atoms with Gasteiger partial charge in [-0.25, -0.2) is 12.7 Å². The van der Waals surface area contributed by atoms with Gasteiger partial charge in [0.2, 0.25) is 10.0 Å². The minimum atomic E-state index is -3.50. The lowest BCUT2D eigenvalue weighted by atomic mass is 10.0. The topological polar surface area (TPSA) is 63.7 Å². The van der Waals surface area contributed by atoms with Crippen LogP contribution in [0.25, 0.3) is 10.8 Å². The summed E-state index contributed by atoms with van der Waals surface area (Å²) in [4.78, 5) is 11.8. The van der Waals surface area contributed by atoms with Crippen LogP contribution in [-0.4, -0.2) is 33.1 Å². The second-order valence-corrected chi connectivity index (χ2v) is 8.19. The van der Waals surface area contributed by atoms with Crippen LogP contribution in [0.5, 0.6) is 5.75 Å². The zero-order chi connectivity index (χ0) is 18.7. The molecule has 0 spiro atoms. The largest absolute Gasteiger partial charge is 0.488 e. The summed E-state index contributed by atoms with van der Waals surface area (Å²) in [5, 5.41) is 1.78. The summed E-state index contributed by atoms with van der Waals surface area (Å²) in [6.07, 6.45) is 0.782. The lowest BCUT2D eigenvalue weighted by Gasteiger charge is -2.13. The fourth-order valence-corrected chi connectivity index (χ4v) is 3.66. The first-order chi connectivity index (χ1) is 12.4. The Hall–Kier alpha value is -2.70. The number of hydrogen-bond acceptors (Lipinski definition) is 4. The van der Waals surface area contributed by atoms with Crippen molar-refractivity contribution < 1.29 is 17.9 Å². The Morgan fingerprint density at radius 3 is 2.50 bits per heavy atom. The lowest BCUT2D eigenvalue weighted by molar-refractivity contribution is 0.112. The van der Waals surface area contributed by atoms with Crippen molar-refractivity contribution in [2.75, 3.05) is 14.1 Å². The van der Waals surface area contributed by atoms with Crippen LogP contribution in [0.15, 0.2) is 65.6 Å². The first kappa shape index (κ1) is 18.1. The molecule has 0 saturated carbocycles. The Bertz CT molecular complexity index is 1060. The fourth-order valence-electron chi connectivity index (χ4n) is 2.69. The normalized spacial score (nSPS) is 11.7. The predicted octanol–water partition coefficient (Wildman–Crippen LogP) is 3.48. The standard InChI is InChI=1S/C20H19NO4S/c1-21(2)26(23,24)17-8-5-6-15(12-17)14-25-20-11-10-16-7-3-4-9-18(16)19(20)13-22/h3-13H,14H2,1-2H3. The highest BCUT2D eigenvalue weighted by Gasteiger charge is 2.17. The summed E-state index contributed by atoms with van der Waals surface area (Å²) in [7, 11) is -0.522. The number of fused-ring (bicyclic) bond motifs is 1. The van der Waals surface area contributed by atoms with Gasteiger partial charge in [0.05, 0.1) is 10.5 Å². The zero-order valence-electron chi connectivity index (χ0n) is 14.5. The molecule has 0 radical (unpaired) electrons. The predicted molar refractivity (Wildman–Crippen MR) is 101 cm³/mol. The fraction of sp³-hybridized carbons (Fsp3) is 0.150. The van der Waals surface area contributed by atoms with Crippen molar-refractivity contribution in [2.45, 2.75) is 11.5 Å². The molecule has 26 heavy (non-hydrogen) atoms. The molecular weight excluding hydrogens is 350 g/mol. The van der Waals surface area contributed by atoms with Crippen LogP contribution in [0.1, 0.15) is 15.9 Å². The molecule has 0 N–H and O–H groups in total. The minimum absolute atomic E-state index is 0.163. The molecule has 0 fully saturated rings. The first-order valence-electron chi connectivity index (χ1n) is 8.04. The number of rotatable bonds is 6. The quantitative estimate of drug-likeness (QED) is 0.624. The Kier molecular flexibility index (Phi) is 5.06. The number of nitrogens with zero attached hydrogens (tertiary/aromatic N) is 1. The molecule has 3 aromatic rings. The number of ether oxygens (including phenoxy) is 1. The second-order valence-electron chi connectivity index (χ2n) is 6.04. The second kappa shape index (κ2) is 7.27. The van der Waals surface area contributed by atoms with Gasteiger partial charge in [0.15, 0.2) is 6.29 Å². The molecule has 0 aliphatic rings. The van der Waals surface area contributed by atoms with Gasteiger partial charge in [0.1, 0.15) is 12.4 Å². The molecule has 5 nitrogen and oxygen atoms in total. The maximum atomic E-state index is 12.2. The number of carbonyl (C=O) groups excluding carboxylic acids is 1. The van der Waals surface area contributed by atoms with Gasteiger partial charge < -0.3 is 4.74 Å². The van der Waals surface area contributed by atoms with Crippen LogP contribution in [0.4, 0.5) is 0 Å². The third-order valence-electron chi connectivity index (χ3n) is 4.12. The van der Waals surface area contributed by atoms with Crippen LogP contribution < -0.4 is 4.74 Å². The van der Waals surface area contributed by atoms with Crippen molar-refractivity contribution >= 4 is 27.1 Å². The number of aldehydes is 1. The molecule has 0 aromatic heterocycles. The Morgan fingerprint density at radius 1 is 1.00 bits per heavy atom. The van der Waals surface area contributed by atoms with E-state index < -0.39 is 10.0 Å². The van der Waals surface area contributed by atoms with Gasteiger partial charge in [-0.15, -0.1) is 0 Å². The van der Waals surface area contributed by atoms with Gasteiger partial charge in [0.25, 0.3) is 0 Å². The van der Waals surface area contributed by atoms with Gasteiger partial charge in [-0.1, -0.05) is 42.5 Å². The Morgan fingerprint density at radius 2 is 1.77 bits per heavy atom. The smallest absolute Gasteiger partial charge is 0.242 e. The molecule has 134 valence electrons. The van der Waals surface area contributed by atoms with E-state index in [0.29, 0.717) is 16.9 Å². The summed E-state index contributed by atoms with van der Waals surface area (Å²) in [5.74, 6) is 0.472. The zero-order valence-corrected chi connectivity index (χ0v) is 15.4. The minimum Gasteiger partial charge on any atom is -0.488 e. The SMILES string of the molecule is CN(C)S(=O)(=O)c1cccc(COc2ccc3ccccc3c2C=O)c1. The highest BCUT2D eigenvalue weighted by atomic mass is 32.2. The number of benzene rings is 3. The van der Waals surface area contributed by atoms with E-state index in [4.69, 9.17) is 4.74 Å². The van der Waals surface area contributed by atoms with Gasteiger partial charge in [-0.3, -0.25) is 4.79 Å². The van der Waals surface area contributed by atoms with E-state index in [-0.39, 0.29) is 11.5 Å². The molecular formula is C20H19NO4S. The molecule has 3 rings (SSSR count). The van der Waals surface area contributed by atoms with Crippen molar-refractivity contribution in [1.82, 2.24) is 4.31 Å². The summed E-state index contributed by atoms with van der Waals surface area (Å²) < 4.78 is 31.5. The van der Waals surface area contributed by atoms with Gasteiger partial charge in [0, 0.05) is 14.1 Å². The number of sulfonamides is 1. The maximum absolute atomic E-state index is 12.2. The van der Waals surface area contributed by atoms with Crippen molar-refractivity contribution in [3.05, 3.63) is 71.8 Å². The Labute approximate surface area is 152 Å². The van der Waals surface area contributed by atoms with E-state index in [1.165, 1.54) is 18.4 Å². The number of hydrogen-bond donors (Lipinski definition) is 0. The molecule has 6 heteroatoms. The molecule has 0 atom stereocenters. The van der Waals surface area contributed by atoms with Crippen molar-refractivity contribution in [2.24, 2.45) is 0 Å². The Balaban J connectivity index is 1.88. The van der Waals surface area contributed by atoms with E-state index >= 15 is 0 Å². The van der Waals surface area contributed by atoms with Gasteiger partial charge in [-0.05, 0) is 34.5 Å². The van der Waals surface area contributed by atoms with Crippen molar-refractivity contribution in [1.29, 1.82) is 0 Å². The van der Waals surface area contributed by atoms with E-state index in [1.807, 2.05) is 30.3 Å². The average Bonchev–Trinajstić information content (AvgIpc) is 2.65. The highest BCUT2D eigenvalue weighted by Crippen LogP contribution is 2.27. The summed E-state index contributed by atoms with van der Waals surface area (Å²) in [6, 6.07) is 17.8. The molecule has 0 aliphatic heterocycles. The highest BCUT2D eigenvalue weighted by molar-refractivity contribution is 7.89. The van der Waals surface area contributed by atoms with Gasteiger partial charge in [-0.2, -0.15) is 0 Å². The van der Waals surface area contributed by atoms with E-state index in [1.54, 1.807) is 30.3 Å². The summed E-state index contributed by atoms with van der Waals surface area (Å²) in [5.41, 5.74) is 1.19. The molecule has 0 heterocycles. The average molecular weight is 369 g/mol. The molecule has 0 amide bonds. The monoisotopic (exact) mass is 369 g/mol. The molecule has 0 saturated heterocycles. The summed E-state index contributed by atoms with van der Waals surface area (Å²) >= 11 is 0. The first-order valence-corrected chi connectivity index (χ1v) is 9.48. The molecule has 0 aliphatic carbocycles. The van der Waals surface area contributed by atoms with E-state index in [9.17, 15) is 13.2 Å². The van der Waals surface area contributed by atoms with E-state index in [0.717, 1.165) is 17.1 Å². The van der Waals surface area contributed by atoms with Crippen LogP contribution in [0.3, 0.4) is 0 Å². The number of carbonyl (C=O) groups is 1. The van der Waals surface area contributed by atoms with Gasteiger partial charge >= 0.3 is 0 Å². The lowest BCUT2D eigenvalue weighted by Crippen LogP contribution is -2.22. The van der Waals surface area contributed by atoms with E-state index in [2.05, 4.69) is 0 Å². The summed E-state index contributed by atoms with van der Waals surface area (Å²) in [6.45, 7) is 0.163. The molecule has 0 unspecified atom stereocenters. The van der Waals surface area contributed by atoms with Crippen LogP contribution in [0.2, 0.25) is 0 Å². The van der Waals surface area contributed by atoms with Crippen LogP contribution in [-0.2, 0) is 16.6 Å². The van der Waals surface area contributed by atoms with Crippen molar-refractivity contribution in [3.63, 3.8) is 0 Å².